The first-order chi connectivity index (χ1) is 8.60. The van der Waals surface area contributed by atoms with Crippen LogP contribution in [-0.4, -0.2) is 16.9 Å². The number of aromatic nitrogens is 2. The van der Waals surface area contributed by atoms with Crippen LogP contribution in [0.2, 0.25) is 0 Å². The first kappa shape index (κ1) is 12.6. The van der Waals surface area contributed by atoms with Gasteiger partial charge in [0.25, 0.3) is 0 Å². The SMILES string of the molecule is COc1ccc(C)cc1C(N)Cc1ccn(C)n1. The summed E-state index contributed by atoms with van der Waals surface area (Å²) in [6.45, 7) is 2.05. The molecule has 0 fully saturated rings. The molecule has 0 radical (unpaired) electrons. The maximum absolute atomic E-state index is 6.25. The summed E-state index contributed by atoms with van der Waals surface area (Å²) in [6.07, 6.45) is 2.64. The van der Waals surface area contributed by atoms with E-state index >= 15 is 0 Å². The average molecular weight is 245 g/mol. The predicted molar refractivity (Wildman–Crippen MR) is 71.6 cm³/mol. The van der Waals surface area contributed by atoms with Crippen molar-refractivity contribution in [1.29, 1.82) is 0 Å². The minimum Gasteiger partial charge on any atom is -0.496 e. The number of nitrogens with zero attached hydrogens (tertiary/aromatic N) is 2. The molecule has 18 heavy (non-hydrogen) atoms. The maximum atomic E-state index is 6.25. The molecule has 1 atom stereocenters. The quantitative estimate of drug-likeness (QED) is 0.896. The van der Waals surface area contributed by atoms with E-state index in [4.69, 9.17) is 10.5 Å². The van der Waals surface area contributed by atoms with E-state index in [1.165, 1.54) is 5.56 Å². The molecule has 1 aromatic heterocycles. The van der Waals surface area contributed by atoms with Crippen LogP contribution in [-0.2, 0) is 13.5 Å². The molecule has 0 aliphatic rings. The molecule has 2 aromatic rings. The van der Waals surface area contributed by atoms with Crippen molar-refractivity contribution >= 4 is 0 Å². The van der Waals surface area contributed by atoms with Crippen LogP contribution in [0.25, 0.3) is 0 Å². The molecule has 0 aliphatic carbocycles. The van der Waals surface area contributed by atoms with Gasteiger partial charge in [0, 0.05) is 31.3 Å². The second kappa shape index (κ2) is 5.23. The molecule has 0 amide bonds. The molecular formula is C14H19N3O. The van der Waals surface area contributed by atoms with Crippen molar-refractivity contribution in [3.63, 3.8) is 0 Å². The van der Waals surface area contributed by atoms with Gasteiger partial charge >= 0.3 is 0 Å². The van der Waals surface area contributed by atoms with Crippen LogP contribution >= 0.6 is 0 Å². The molecule has 2 N–H and O–H groups in total. The maximum Gasteiger partial charge on any atom is 0.123 e. The molecule has 4 nitrogen and oxygen atoms in total. The lowest BCUT2D eigenvalue weighted by Gasteiger charge is -2.15. The number of nitrogens with two attached hydrogens (primary N) is 1. The Hall–Kier alpha value is -1.81. The Kier molecular flexibility index (Phi) is 3.67. The van der Waals surface area contributed by atoms with Gasteiger partial charge in [-0.25, -0.2) is 0 Å². The van der Waals surface area contributed by atoms with Gasteiger partial charge in [0.15, 0.2) is 0 Å². The highest BCUT2D eigenvalue weighted by atomic mass is 16.5. The molecule has 1 unspecified atom stereocenters. The fourth-order valence-electron chi connectivity index (χ4n) is 2.05. The highest BCUT2D eigenvalue weighted by Crippen LogP contribution is 2.26. The van der Waals surface area contributed by atoms with Crippen molar-refractivity contribution in [2.75, 3.05) is 7.11 Å². The van der Waals surface area contributed by atoms with Crippen LogP contribution in [0, 0.1) is 6.92 Å². The van der Waals surface area contributed by atoms with Gasteiger partial charge in [-0.1, -0.05) is 17.7 Å². The highest BCUT2D eigenvalue weighted by Gasteiger charge is 2.14. The van der Waals surface area contributed by atoms with Gasteiger partial charge in [0.05, 0.1) is 12.8 Å². The molecule has 1 heterocycles. The number of aryl methyl sites for hydroxylation is 2. The Morgan fingerprint density at radius 3 is 2.78 bits per heavy atom. The third-order valence-electron chi connectivity index (χ3n) is 2.98. The molecule has 0 spiro atoms. The summed E-state index contributed by atoms with van der Waals surface area (Å²) in [5.41, 5.74) is 9.46. The van der Waals surface area contributed by atoms with Crippen molar-refractivity contribution in [3.05, 3.63) is 47.3 Å². The number of rotatable bonds is 4. The third-order valence-corrected chi connectivity index (χ3v) is 2.98. The van der Waals surface area contributed by atoms with Crippen molar-refractivity contribution in [3.8, 4) is 5.75 Å². The van der Waals surface area contributed by atoms with E-state index in [1.54, 1.807) is 11.8 Å². The van der Waals surface area contributed by atoms with Crippen molar-refractivity contribution in [1.82, 2.24) is 9.78 Å². The van der Waals surface area contributed by atoms with Crippen LogP contribution in [0.15, 0.2) is 30.5 Å². The largest absolute Gasteiger partial charge is 0.496 e. The van der Waals surface area contributed by atoms with E-state index in [2.05, 4.69) is 18.1 Å². The number of hydrogen-bond acceptors (Lipinski definition) is 3. The normalized spacial score (nSPS) is 12.4. The lowest BCUT2D eigenvalue weighted by Crippen LogP contribution is -2.15. The Morgan fingerprint density at radius 2 is 2.17 bits per heavy atom. The third kappa shape index (κ3) is 2.71. The topological polar surface area (TPSA) is 53.1 Å². The predicted octanol–water partition coefficient (Wildman–Crippen LogP) is 1.98. The minimum absolute atomic E-state index is 0.102. The van der Waals surface area contributed by atoms with Gasteiger partial charge in [-0.3, -0.25) is 4.68 Å². The van der Waals surface area contributed by atoms with E-state index in [1.807, 2.05) is 31.4 Å². The molecule has 0 saturated heterocycles. The van der Waals surface area contributed by atoms with Crippen LogP contribution < -0.4 is 10.5 Å². The molecule has 0 aliphatic heterocycles. The number of benzene rings is 1. The summed E-state index contributed by atoms with van der Waals surface area (Å²) in [5, 5.41) is 4.35. The van der Waals surface area contributed by atoms with Gasteiger partial charge in [0.2, 0.25) is 0 Å². The van der Waals surface area contributed by atoms with Gasteiger partial charge < -0.3 is 10.5 Å². The molecule has 1 aromatic carbocycles. The highest BCUT2D eigenvalue weighted by molar-refractivity contribution is 5.39. The van der Waals surface area contributed by atoms with Crippen LogP contribution in [0.1, 0.15) is 22.9 Å². The fraction of sp³-hybridized carbons (Fsp3) is 0.357. The van der Waals surface area contributed by atoms with E-state index in [-0.39, 0.29) is 6.04 Å². The Labute approximate surface area is 107 Å². The fourth-order valence-corrected chi connectivity index (χ4v) is 2.05. The standard InChI is InChI=1S/C14H19N3O/c1-10-4-5-14(18-3)12(8-10)13(15)9-11-6-7-17(2)16-11/h4-8,13H,9,15H2,1-3H3. The Morgan fingerprint density at radius 1 is 1.39 bits per heavy atom. The molecule has 2 rings (SSSR count). The van der Waals surface area contributed by atoms with E-state index in [9.17, 15) is 0 Å². The lowest BCUT2D eigenvalue weighted by atomic mass is 10.00. The van der Waals surface area contributed by atoms with E-state index in [0.29, 0.717) is 6.42 Å². The molecule has 96 valence electrons. The summed E-state index contributed by atoms with van der Waals surface area (Å²) in [4.78, 5) is 0. The zero-order valence-corrected chi connectivity index (χ0v) is 11.1. The van der Waals surface area contributed by atoms with E-state index in [0.717, 1.165) is 17.0 Å². The first-order valence-electron chi connectivity index (χ1n) is 5.99. The van der Waals surface area contributed by atoms with Gasteiger partial charge in [0.1, 0.15) is 5.75 Å². The second-order valence-corrected chi connectivity index (χ2v) is 4.54. The van der Waals surface area contributed by atoms with Crippen LogP contribution in [0.4, 0.5) is 0 Å². The van der Waals surface area contributed by atoms with Gasteiger partial charge in [-0.15, -0.1) is 0 Å². The summed E-state index contributed by atoms with van der Waals surface area (Å²) < 4.78 is 7.15. The summed E-state index contributed by atoms with van der Waals surface area (Å²) >= 11 is 0. The lowest BCUT2D eigenvalue weighted by molar-refractivity contribution is 0.405. The van der Waals surface area contributed by atoms with Gasteiger partial charge in [-0.2, -0.15) is 5.10 Å². The van der Waals surface area contributed by atoms with Crippen molar-refractivity contribution in [2.24, 2.45) is 12.8 Å². The minimum atomic E-state index is -0.102. The number of ether oxygens (including phenoxy) is 1. The molecule has 0 bridgehead atoms. The monoisotopic (exact) mass is 245 g/mol. The second-order valence-electron chi connectivity index (χ2n) is 4.54. The molecular weight excluding hydrogens is 226 g/mol. The summed E-state index contributed by atoms with van der Waals surface area (Å²) in [5.74, 6) is 0.837. The number of hydrogen-bond donors (Lipinski definition) is 1. The van der Waals surface area contributed by atoms with E-state index < -0.39 is 0 Å². The van der Waals surface area contributed by atoms with Crippen LogP contribution in [0.5, 0.6) is 5.75 Å². The zero-order valence-electron chi connectivity index (χ0n) is 11.1. The van der Waals surface area contributed by atoms with Crippen LogP contribution in [0.3, 0.4) is 0 Å². The Bertz CT molecular complexity index is 534. The zero-order chi connectivity index (χ0) is 13.1. The van der Waals surface area contributed by atoms with Crippen molar-refractivity contribution in [2.45, 2.75) is 19.4 Å². The van der Waals surface area contributed by atoms with Crippen molar-refractivity contribution < 1.29 is 4.74 Å². The van der Waals surface area contributed by atoms with Gasteiger partial charge in [-0.05, 0) is 19.1 Å². The summed E-state index contributed by atoms with van der Waals surface area (Å²) in [6, 6.07) is 7.95. The smallest absolute Gasteiger partial charge is 0.123 e. The molecule has 0 saturated carbocycles. The Balaban J connectivity index is 2.22. The number of methoxy groups -OCH3 is 1. The first-order valence-corrected chi connectivity index (χ1v) is 5.99. The summed E-state index contributed by atoms with van der Waals surface area (Å²) in [7, 11) is 3.57. The average Bonchev–Trinajstić information content (AvgIpc) is 2.74. The molecule has 4 heteroatoms.